The van der Waals surface area contributed by atoms with Crippen molar-refractivity contribution in [2.24, 2.45) is 0 Å². The molecule has 1 aliphatic heterocycles. The molecule has 250 valence electrons. The second-order valence-electron chi connectivity index (χ2n) is 12.7. The van der Waals surface area contributed by atoms with Crippen LogP contribution in [0.2, 0.25) is 0 Å². The molecule has 0 atom stereocenters. The maximum absolute atomic E-state index is 14.5. The lowest BCUT2D eigenvalue weighted by atomic mass is 9.93. The molecule has 3 heterocycles. The van der Waals surface area contributed by atoms with Gasteiger partial charge in [0.15, 0.2) is 0 Å². The third-order valence-corrected chi connectivity index (χ3v) is 8.87. The molecule has 4 amide bonds. The first kappa shape index (κ1) is 33.1. The summed E-state index contributed by atoms with van der Waals surface area (Å²) in [6.45, 7) is 8.53. The number of benzene rings is 3. The van der Waals surface area contributed by atoms with E-state index in [1.165, 1.54) is 9.47 Å². The van der Waals surface area contributed by atoms with Gasteiger partial charge in [0.1, 0.15) is 17.1 Å². The van der Waals surface area contributed by atoms with Crippen molar-refractivity contribution in [2.75, 3.05) is 24.3 Å². The molecular formula is C39H39N5O5. The summed E-state index contributed by atoms with van der Waals surface area (Å²) < 4.78 is 6.99. The number of carbonyl (C=O) groups is 3. The van der Waals surface area contributed by atoms with Gasteiger partial charge >= 0.3 is 6.03 Å². The van der Waals surface area contributed by atoms with E-state index < -0.39 is 11.6 Å². The lowest BCUT2D eigenvalue weighted by Crippen LogP contribution is -2.33. The predicted molar refractivity (Wildman–Crippen MR) is 192 cm³/mol. The molecular weight excluding hydrogens is 618 g/mol. The smallest absolute Gasteiger partial charge is 0.323 e. The van der Waals surface area contributed by atoms with Crippen LogP contribution in [-0.2, 0) is 6.54 Å². The number of aromatic nitrogens is 2. The van der Waals surface area contributed by atoms with Gasteiger partial charge in [0.25, 0.3) is 17.4 Å². The highest BCUT2D eigenvalue weighted by Crippen LogP contribution is 2.36. The third-order valence-electron chi connectivity index (χ3n) is 8.87. The number of aryl methyl sites for hydroxylation is 1. The molecule has 6 rings (SSSR count). The number of amides is 4. The van der Waals surface area contributed by atoms with E-state index in [-0.39, 0.29) is 42.4 Å². The number of nitrogens with one attached hydrogen (secondary N) is 2. The van der Waals surface area contributed by atoms with E-state index in [0.29, 0.717) is 45.5 Å². The van der Waals surface area contributed by atoms with Crippen molar-refractivity contribution in [3.8, 4) is 16.9 Å². The molecule has 0 spiro atoms. The van der Waals surface area contributed by atoms with E-state index in [1.807, 2.05) is 42.5 Å². The lowest BCUT2D eigenvalue weighted by Gasteiger charge is -2.22. The first-order valence-electron chi connectivity index (χ1n) is 16.4. The van der Waals surface area contributed by atoms with Gasteiger partial charge in [-0.1, -0.05) is 70.2 Å². The van der Waals surface area contributed by atoms with Gasteiger partial charge in [-0.3, -0.25) is 23.9 Å². The zero-order valence-electron chi connectivity index (χ0n) is 28.2. The monoisotopic (exact) mass is 657 g/mol. The molecule has 3 aromatic carbocycles. The van der Waals surface area contributed by atoms with Crippen LogP contribution in [-0.4, -0.2) is 46.0 Å². The van der Waals surface area contributed by atoms with E-state index in [4.69, 9.17) is 4.74 Å². The number of rotatable bonds is 10. The Morgan fingerprint density at radius 2 is 1.41 bits per heavy atom. The quantitative estimate of drug-likeness (QED) is 0.149. The number of pyridine rings is 2. The highest BCUT2D eigenvalue weighted by atomic mass is 16.5. The summed E-state index contributed by atoms with van der Waals surface area (Å²) in [5.74, 6) is 0.166. The molecule has 10 nitrogen and oxygen atoms in total. The van der Waals surface area contributed by atoms with E-state index in [1.54, 1.807) is 49.7 Å². The standard InChI is InChI=1S/C39H39N5O5/c1-23(2)27-16-9-17-28(24(3)4)33(27)41-39(48)42-34-32(25-12-8-13-26(22-25)49-5)31-18-10-19-40-35(31)43(38(34)47)20-11-21-44-36(45)29-14-6-7-15-30(29)37(44)46/h6-10,12-19,22-24H,11,20-21H2,1-5H3,(H2,41,42,48). The summed E-state index contributed by atoms with van der Waals surface area (Å²) in [5.41, 5.74) is 4.61. The molecule has 1 aliphatic rings. The van der Waals surface area contributed by atoms with E-state index >= 15 is 0 Å². The summed E-state index contributed by atoms with van der Waals surface area (Å²) in [6.07, 6.45) is 1.90. The van der Waals surface area contributed by atoms with Crippen LogP contribution in [0, 0.1) is 0 Å². The second-order valence-corrected chi connectivity index (χ2v) is 12.7. The van der Waals surface area contributed by atoms with Crippen molar-refractivity contribution >= 4 is 40.3 Å². The average Bonchev–Trinajstić information content (AvgIpc) is 3.34. The van der Waals surface area contributed by atoms with Crippen molar-refractivity contribution in [1.29, 1.82) is 0 Å². The van der Waals surface area contributed by atoms with Crippen LogP contribution in [0.15, 0.2) is 89.9 Å². The molecule has 2 aromatic heterocycles. The van der Waals surface area contributed by atoms with Gasteiger partial charge in [-0.25, -0.2) is 9.78 Å². The molecule has 0 saturated heterocycles. The van der Waals surface area contributed by atoms with Crippen molar-refractivity contribution < 1.29 is 19.1 Å². The Hall–Kier alpha value is -5.77. The summed E-state index contributed by atoms with van der Waals surface area (Å²) in [4.78, 5) is 60.2. The summed E-state index contributed by atoms with van der Waals surface area (Å²) in [5, 5.41) is 6.62. The van der Waals surface area contributed by atoms with Crippen LogP contribution >= 0.6 is 0 Å². The third kappa shape index (κ3) is 6.29. The number of anilines is 2. The number of methoxy groups -OCH3 is 1. The molecule has 5 aromatic rings. The molecule has 0 saturated carbocycles. The number of nitrogens with zero attached hydrogens (tertiary/aromatic N) is 3. The molecule has 2 N–H and O–H groups in total. The minimum absolute atomic E-state index is 0.0695. The fourth-order valence-electron chi connectivity index (χ4n) is 6.46. The highest BCUT2D eigenvalue weighted by Gasteiger charge is 2.34. The minimum atomic E-state index is -0.558. The largest absolute Gasteiger partial charge is 0.497 e. The Morgan fingerprint density at radius 3 is 2.04 bits per heavy atom. The van der Waals surface area contributed by atoms with E-state index in [9.17, 15) is 19.2 Å². The maximum Gasteiger partial charge on any atom is 0.323 e. The number of imide groups is 1. The van der Waals surface area contributed by atoms with Crippen molar-refractivity contribution in [3.63, 3.8) is 0 Å². The zero-order chi connectivity index (χ0) is 34.8. The molecule has 0 bridgehead atoms. The van der Waals surface area contributed by atoms with Crippen LogP contribution in [0.25, 0.3) is 22.2 Å². The topological polar surface area (TPSA) is 123 Å². The van der Waals surface area contributed by atoms with Crippen molar-refractivity contribution in [3.05, 3.63) is 118 Å². The summed E-state index contributed by atoms with van der Waals surface area (Å²) in [6, 6.07) is 23.1. The van der Waals surface area contributed by atoms with Crippen LogP contribution in [0.1, 0.15) is 77.8 Å². The fourth-order valence-corrected chi connectivity index (χ4v) is 6.46. The van der Waals surface area contributed by atoms with Gasteiger partial charge in [0, 0.05) is 35.9 Å². The molecule has 0 fully saturated rings. The van der Waals surface area contributed by atoms with Gasteiger partial charge in [0.2, 0.25) is 0 Å². The molecule has 0 radical (unpaired) electrons. The first-order valence-corrected chi connectivity index (χ1v) is 16.4. The summed E-state index contributed by atoms with van der Waals surface area (Å²) >= 11 is 0. The number of carbonyl (C=O) groups excluding carboxylic acids is 3. The number of ether oxygens (including phenoxy) is 1. The fraction of sp³-hybridized carbons (Fsp3) is 0.256. The Morgan fingerprint density at radius 1 is 0.776 bits per heavy atom. The normalized spacial score (nSPS) is 12.6. The van der Waals surface area contributed by atoms with Crippen molar-refractivity contribution in [1.82, 2.24) is 14.5 Å². The maximum atomic E-state index is 14.5. The Balaban J connectivity index is 1.41. The van der Waals surface area contributed by atoms with Crippen LogP contribution < -0.4 is 20.9 Å². The van der Waals surface area contributed by atoms with Gasteiger partial charge in [-0.15, -0.1) is 0 Å². The van der Waals surface area contributed by atoms with Crippen molar-refractivity contribution in [2.45, 2.75) is 52.5 Å². The van der Waals surface area contributed by atoms with Crippen LogP contribution in [0.3, 0.4) is 0 Å². The lowest BCUT2D eigenvalue weighted by molar-refractivity contribution is 0.0650. The van der Waals surface area contributed by atoms with E-state index in [2.05, 4.69) is 43.3 Å². The predicted octanol–water partition coefficient (Wildman–Crippen LogP) is 7.65. The number of urea groups is 1. The molecule has 0 aliphatic carbocycles. The number of hydrogen-bond donors (Lipinski definition) is 2. The van der Waals surface area contributed by atoms with Crippen LogP contribution in [0.5, 0.6) is 5.75 Å². The molecule has 10 heteroatoms. The number of hydrogen-bond acceptors (Lipinski definition) is 6. The van der Waals surface area contributed by atoms with Gasteiger partial charge in [0.05, 0.1) is 18.2 Å². The Labute approximate surface area is 284 Å². The van der Waals surface area contributed by atoms with Gasteiger partial charge < -0.3 is 15.4 Å². The zero-order valence-corrected chi connectivity index (χ0v) is 28.2. The minimum Gasteiger partial charge on any atom is -0.497 e. The highest BCUT2D eigenvalue weighted by molar-refractivity contribution is 6.21. The summed E-state index contributed by atoms with van der Waals surface area (Å²) in [7, 11) is 1.57. The van der Waals surface area contributed by atoms with E-state index in [0.717, 1.165) is 16.8 Å². The van der Waals surface area contributed by atoms with Gasteiger partial charge in [-0.05, 0) is 71.3 Å². The number of para-hydroxylation sites is 1. The first-order chi connectivity index (χ1) is 23.6. The number of fused-ring (bicyclic) bond motifs is 2. The average molecular weight is 658 g/mol. The Bertz CT molecular complexity index is 2090. The van der Waals surface area contributed by atoms with Gasteiger partial charge in [-0.2, -0.15) is 0 Å². The molecule has 49 heavy (non-hydrogen) atoms. The SMILES string of the molecule is COc1cccc(-c2c(NC(=O)Nc3c(C(C)C)cccc3C(C)C)c(=O)n(CCCN3C(=O)c4ccccc4C3=O)c3ncccc23)c1. The second kappa shape index (κ2) is 13.8. The van der Waals surface area contributed by atoms with Crippen LogP contribution in [0.4, 0.5) is 16.2 Å². The molecule has 0 unspecified atom stereocenters. The Kier molecular flexibility index (Phi) is 9.31.